The summed E-state index contributed by atoms with van der Waals surface area (Å²) in [5.74, 6) is 0. The molecule has 0 fully saturated rings. The van der Waals surface area contributed by atoms with Gasteiger partial charge in [-0.15, -0.1) is 0 Å². The second-order valence-corrected chi connectivity index (χ2v) is 15.2. The number of nitrogens with zero attached hydrogens (tertiary/aromatic N) is 1. The van der Waals surface area contributed by atoms with Crippen LogP contribution < -0.4 is 4.90 Å². The lowest BCUT2D eigenvalue weighted by atomic mass is 9.68. The third-order valence-electron chi connectivity index (χ3n) is 12.3. The molecule has 0 aromatic heterocycles. The van der Waals surface area contributed by atoms with Crippen LogP contribution in [0.3, 0.4) is 0 Å². The topological polar surface area (TPSA) is 3.24 Å². The van der Waals surface area contributed by atoms with E-state index >= 15 is 0 Å². The quantitative estimate of drug-likeness (QED) is 0.179. The van der Waals surface area contributed by atoms with Crippen LogP contribution in [-0.2, 0) is 10.8 Å². The van der Waals surface area contributed by atoms with E-state index in [-0.39, 0.29) is 5.41 Å². The molecule has 0 amide bonds. The molecular weight excluding hydrogens is 639 g/mol. The molecule has 1 nitrogen and oxygen atoms in total. The zero-order valence-corrected chi connectivity index (χ0v) is 29.8. The van der Waals surface area contributed by atoms with Crippen LogP contribution in [-0.4, -0.2) is 0 Å². The van der Waals surface area contributed by atoms with Crippen molar-refractivity contribution in [1.29, 1.82) is 0 Å². The summed E-state index contributed by atoms with van der Waals surface area (Å²) < 4.78 is 0. The van der Waals surface area contributed by atoms with Crippen molar-refractivity contribution in [2.75, 3.05) is 4.90 Å². The van der Waals surface area contributed by atoms with Crippen molar-refractivity contribution in [3.63, 3.8) is 0 Å². The number of anilines is 3. The molecular formula is C52H37N. The lowest BCUT2D eigenvalue weighted by molar-refractivity contribution is 0.660. The molecule has 0 aliphatic heterocycles. The van der Waals surface area contributed by atoms with Gasteiger partial charge in [0.05, 0.1) is 11.1 Å². The Morgan fingerprint density at radius 3 is 1.38 bits per heavy atom. The first-order valence-corrected chi connectivity index (χ1v) is 18.7. The lowest BCUT2D eigenvalue weighted by Gasteiger charge is -2.34. The molecule has 0 saturated heterocycles. The predicted molar refractivity (Wildman–Crippen MR) is 220 cm³/mol. The van der Waals surface area contributed by atoms with Crippen LogP contribution in [0, 0.1) is 0 Å². The van der Waals surface area contributed by atoms with Gasteiger partial charge < -0.3 is 4.90 Å². The van der Waals surface area contributed by atoms with E-state index < -0.39 is 5.41 Å². The summed E-state index contributed by atoms with van der Waals surface area (Å²) in [4.78, 5) is 2.47. The van der Waals surface area contributed by atoms with Gasteiger partial charge >= 0.3 is 0 Å². The van der Waals surface area contributed by atoms with Crippen molar-refractivity contribution < 1.29 is 0 Å². The summed E-state index contributed by atoms with van der Waals surface area (Å²) in [6.45, 7) is 4.73. The molecule has 3 aliphatic rings. The predicted octanol–water partition coefficient (Wildman–Crippen LogP) is 13.5. The highest BCUT2D eigenvalue weighted by Gasteiger charge is 2.52. The fourth-order valence-electron chi connectivity index (χ4n) is 10.1. The van der Waals surface area contributed by atoms with Gasteiger partial charge in [-0.25, -0.2) is 0 Å². The molecule has 8 aromatic carbocycles. The highest BCUT2D eigenvalue weighted by Crippen LogP contribution is 2.65. The van der Waals surface area contributed by atoms with E-state index in [2.05, 4.69) is 207 Å². The van der Waals surface area contributed by atoms with Crippen LogP contribution in [0.5, 0.6) is 0 Å². The number of benzene rings is 8. The Morgan fingerprint density at radius 2 is 0.755 bits per heavy atom. The molecule has 0 saturated carbocycles. The Kier molecular flexibility index (Phi) is 6.29. The number of hydrogen-bond donors (Lipinski definition) is 0. The molecule has 0 N–H and O–H groups in total. The number of hydrogen-bond acceptors (Lipinski definition) is 1. The van der Waals surface area contributed by atoms with E-state index in [1.165, 1.54) is 77.9 Å². The minimum Gasteiger partial charge on any atom is -0.310 e. The second-order valence-electron chi connectivity index (χ2n) is 15.2. The van der Waals surface area contributed by atoms with Gasteiger partial charge in [0.15, 0.2) is 0 Å². The normalized spacial score (nSPS) is 14.5. The molecule has 1 spiro atoms. The van der Waals surface area contributed by atoms with Crippen LogP contribution in [0.4, 0.5) is 17.1 Å². The van der Waals surface area contributed by atoms with Crippen molar-refractivity contribution in [3.05, 3.63) is 221 Å². The van der Waals surface area contributed by atoms with Gasteiger partial charge in [-0.05, 0) is 103 Å². The standard InChI is InChI=1S/C52H37N/c1-51(2)44-26-11-6-19-36(44)40-32-31-35(33-48(40)51)53(34-17-4-3-5-18-34)49-30-15-10-23-41(49)43-25-16-24-42-39-22-9-14-29-47(39)52(50(42)43)45-27-12-7-20-37(45)38-21-8-13-28-46(38)52/h3-33H,1-2H3. The molecule has 53 heavy (non-hydrogen) atoms. The van der Waals surface area contributed by atoms with E-state index in [1.54, 1.807) is 0 Å². The van der Waals surface area contributed by atoms with Gasteiger partial charge in [0.25, 0.3) is 0 Å². The molecule has 0 atom stereocenters. The van der Waals surface area contributed by atoms with Crippen LogP contribution >= 0.6 is 0 Å². The van der Waals surface area contributed by atoms with E-state index in [9.17, 15) is 0 Å². The van der Waals surface area contributed by atoms with E-state index in [1.807, 2.05) is 0 Å². The van der Waals surface area contributed by atoms with Crippen LogP contribution in [0.1, 0.15) is 47.2 Å². The first-order chi connectivity index (χ1) is 26.1. The van der Waals surface area contributed by atoms with Crippen molar-refractivity contribution in [2.45, 2.75) is 24.7 Å². The van der Waals surface area contributed by atoms with Gasteiger partial charge in [0, 0.05) is 22.4 Å². The minimum atomic E-state index is -0.441. The molecule has 0 unspecified atom stereocenters. The van der Waals surface area contributed by atoms with E-state index in [4.69, 9.17) is 0 Å². The van der Waals surface area contributed by atoms with Gasteiger partial charge in [0.2, 0.25) is 0 Å². The number of fused-ring (bicyclic) bond motifs is 13. The van der Waals surface area contributed by atoms with Crippen molar-refractivity contribution in [2.24, 2.45) is 0 Å². The smallest absolute Gasteiger partial charge is 0.0731 e. The second kappa shape index (κ2) is 11.0. The zero-order chi connectivity index (χ0) is 35.3. The van der Waals surface area contributed by atoms with E-state index in [0.717, 1.165) is 17.1 Å². The van der Waals surface area contributed by atoms with Crippen molar-refractivity contribution in [3.8, 4) is 44.5 Å². The van der Waals surface area contributed by atoms with Crippen molar-refractivity contribution >= 4 is 17.1 Å². The maximum Gasteiger partial charge on any atom is 0.0731 e. The minimum absolute atomic E-state index is 0.106. The number of para-hydroxylation sites is 2. The summed E-state index contributed by atoms with van der Waals surface area (Å²) in [5, 5.41) is 0. The Morgan fingerprint density at radius 1 is 0.321 bits per heavy atom. The Balaban J connectivity index is 1.19. The van der Waals surface area contributed by atoms with Crippen molar-refractivity contribution in [1.82, 2.24) is 0 Å². The monoisotopic (exact) mass is 675 g/mol. The molecule has 0 heterocycles. The SMILES string of the molecule is CC1(C)c2ccccc2-c2ccc(N(c3ccccc3)c3ccccc3-c3cccc4c3C3(c5ccccc5-c5ccccc53)c3ccccc3-4)cc21. The highest BCUT2D eigenvalue weighted by atomic mass is 15.1. The third kappa shape index (κ3) is 3.97. The average molecular weight is 676 g/mol. The zero-order valence-electron chi connectivity index (χ0n) is 29.8. The third-order valence-corrected chi connectivity index (χ3v) is 12.3. The fourth-order valence-corrected chi connectivity index (χ4v) is 10.1. The van der Waals surface area contributed by atoms with Gasteiger partial charge in [-0.3, -0.25) is 0 Å². The number of rotatable bonds is 4. The first-order valence-electron chi connectivity index (χ1n) is 18.7. The largest absolute Gasteiger partial charge is 0.310 e. The molecule has 11 rings (SSSR count). The Labute approximate surface area is 311 Å². The van der Waals surface area contributed by atoms with Gasteiger partial charge in [-0.1, -0.05) is 172 Å². The molecule has 8 aromatic rings. The van der Waals surface area contributed by atoms with Gasteiger partial charge in [-0.2, -0.15) is 0 Å². The van der Waals surface area contributed by atoms with Crippen LogP contribution in [0.25, 0.3) is 44.5 Å². The summed E-state index contributed by atoms with van der Waals surface area (Å²) in [5.41, 5.74) is 21.5. The molecule has 3 aliphatic carbocycles. The molecule has 1 heteroatoms. The molecule has 0 radical (unpaired) electrons. The average Bonchev–Trinajstić information content (AvgIpc) is 3.78. The first kappa shape index (κ1) is 30.2. The lowest BCUT2D eigenvalue weighted by Crippen LogP contribution is -2.26. The Bertz CT molecular complexity index is 2710. The summed E-state index contributed by atoms with van der Waals surface area (Å²) in [7, 11) is 0. The summed E-state index contributed by atoms with van der Waals surface area (Å²) >= 11 is 0. The maximum atomic E-state index is 2.47. The molecule has 250 valence electrons. The highest BCUT2D eigenvalue weighted by molar-refractivity contribution is 6.01. The fraction of sp³-hybridized carbons (Fsp3) is 0.0769. The van der Waals surface area contributed by atoms with Crippen LogP contribution in [0.2, 0.25) is 0 Å². The van der Waals surface area contributed by atoms with Crippen LogP contribution in [0.15, 0.2) is 188 Å². The maximum absolute atomic E-state index is 2.47. The molecule has 0 bridgehead atoms. The summed E-state index contributed by atoms with van der Waals surface area (Å²) in [6.07, 6.45) is 0. The Hall–Kier alpha value is -6.44. The van der Waals surface area contributed by atoms with Gasteiger partial charge in [0.1, 0.15) is 0 Å². The summed E-state index contributed by atoms with van der Waals surface area (Å²) in [6, 6.07) is 70.1. The van der Waals surface area contributed by atoms with E-state index in [0.29, 0.717) is 0 Å².